The van der Waals surface area contributed by atoms with E-state index in [0.717, 1.165) is 17.8 Å². The number of carbonyl (C=O) groups is 1. The highest BCUT2D eigenvalue weighted by atomic mass is 32.1. The summed E-state index contributed by atoms with van der Waals surface area (Å²) in [6.45, 7) is 2.04. The summed E-state index contributed by atoms with van der Waals surface area (Å²) in [6, 6.07) is 12.2. The summed E-state index contributed by atoms with van der Waals surface area (Å²) in [7, 11) is 0. The van der Waals surface area contributed by atoms with Crippen molar-refractivity contribution in [3.05, 3.63) is 69.7 Å². The Morgan fingerprint density at radius 1 is 1.21 bits per heavy atom. The number of hydrogen-bond donors (Lipinski definition) is 1. The molecule has 0 spiro atoms. The number of hydrogen-bond acceptors (Lipinski definition) is 5. The summed E-state index contributed by atoms with van der Waals surface area (Å²) in [4.78, 5) is 22.6. The lowest BCUT2D eigenvalue weighted by Gasteiger charge is -2.22. The second-order valence-corrected chi connectivity index (χ2v) is 7.07. The molecule has 0 fully saturated rings. The molecular formula is C19H17N3OS. The summed E-state index contributed by atoms with van der Waals surface area (Å²) >= 11 is 1.70. The number of carbonyl (C=O) groups excluding carboxylic acids is 1. The number of anilines is 2. The molecule has 0 unspecified atom stereocenters. The molecule has 0 saturated carbocycles. The molecule has 3 aromatic rings. The zero-order valence-electron chi connectivity index (χ0n) is 13.3. The Labute approximate surface area is 144 Å². The third kappa shape index (κ3) is 2.95. The molecule has 120 valence electrons. The van der Waals surface area contributed by atoms with E-state index in [2.05, 4.69) is 26.7 Å². The van der Waals surface area contributed by atoms with Crippen LogP contribution in [-0.2, 0) is 6.42 Å². The number of nitrogens with zero attached hydrogens (tertiary/aromatic N) is 2. The number of Topliss-reactive ketones (excluding diaryl/α,β-unsaturated/α-hetero) is 1. The predicted octanol–water partition coefficient (Wildman–Crippen LogP) is 4.50. The van der Waals surface area contributed by atoms with Gasteiger partial charge in [0.25, 0.3) is 0 Å². The van der Waals surface area contributed by atoms with Crippen LogP contribution in [0.3, 0.4) is 0 Å². The molecule has 2 heterocycles. The monoisotopic (exact) mass is 335 g/mol. The number of nitrogens with one attached hydrogen (secondary N) is 1. The molecule has 1 aliphatic rings. The number of ketones is 1. The molecule has 24 heavy (non-hydrogen) atoms. The first-order chi connectivity index (χ1) is 11.7. The first-order valence-electron chi connectivity index (χ1n) is 7.95. The fraction of sp³-hybridized carbons (Fsp3) is 0.211. The largest absolute Gasteiger partial charge is 0.324 e. The van der Waals surface area contributed by atoms with E-state index in [1.54, 1.807) is 17.5 Å². The third-order valence-corrected chi connectivity index (χ3v) is 5.29. The van der Waals surface area contributed by atoms with Crippen LogP contribution in [-0.4, -0.2) is 15.8 Å². The van der Waals surface area contributed by atoms with Crippen LogP contribution >= 0.6 is 11.3 Å². The lowest BCUT2D eigenvalue weighted by Crippen LogP contribution is -2.20. The van der Waals surface area contributed by atoms with Gasteiger partial charge in [0.15, 0.2) is 5.78 Å². The Kier molecular flexibility index (Phi) is 3.86. The smallest absolute Gasteiger partial charge is 0.227 e. The van der Waals surface area contributed by atoms with Gasteiger partial charge < -0.3 is 5.32 Å². The molecule has 4 rings (SSSR count). The Morgan fingerprint density at radius 2 is 2.12 bits per heavy atom. The molecule has 5 heteroatoms. The maximum absolute atomic E-state index is 12.4. The third-order valence-electron chi connectivity index (χ3n) is 4.26. The van der Waals surface area contributed by atoms with Gasteiger partial charge >= 0.3 is 0 Å². The number of aryl methyl sites for hydroxylation is 1. The Bertz CT molecular complexity index is 889. The maximum Gasteiger partial charge on any atom is 0.227 e. The van der Waals surface area contributed by atoms with E-state index in [4.69, 9.17) is 0 Å². The van der Waals surface area contributed by atoms with Gasteiger partial charge in [0.05, 0.1) is 11.3 Å². The van der Waals surface area contributed by atoms with Gasteiger partial charge in [-0.05, 0) is 42.5 Å². The highest BCUT2D eigenvalue weighted by Gasteiger charge is 2.28. The Hall–Kier alpha value is -2.53. The molecule has 0 aliphatic heterocycles. The number of fused-ring (bicyclic) bond motifs is 1. The van der Waals surface area contributed by atoms with Crippen LogP contribution in [0.15, 0.2) is 48.0 Å². The average molecular weight is 335 g/mol. The second kappa shape index (κ2) is 6.17. The van der Waals surface area contributed by atoms with E-state index in [1.165, 1.54) is 10.4 Å². The van der Waals surface area contributed by atoms with Crippen molar-refractivity contribution in [2.45, 2.75) is 25.7 Å². The molecule has 1 atom stereocenters. The molecule has 0 radical (unpaired) electrons. The number of rotatable bonds is 3. The van der Waals surface area contributed by atoms with Crippen LogP contribution in [0.25, 0.3) is 0 Å². The van der Waals surface area contributed by atoms with E-state index in [1.807, 2.05) is 37.3 Å². The minimum absolute atomic E-state index is 0.136. The fourth-order valence-corrected chi connectivity index (χ4v) is 3.91. The summed E-state index contributed by atoms with van der Waals surface area (Å²) in [6.07, 6.45) is 2.99. The molecule has 0 bridgehead atoms. The minimum atomic E-state index is 0.136. The van der Waals surface area contributed by atoms with Crippen LogP contribution in [0.2, 0.25) is 0 Å². The second-order valence-electron chi connectivity index (χ2n) is 6.09. The van der Waals surface area contributed by atoms with Crippen molar-refractivity contribution in [3.8, 4) is 0 Å². The standard InChI is InChI=1S/C19H17N3OS/c1-12-4-2-5-14(8-12)21-19-20-11-15-16(22-19)9-13(10-17(15)23)18-6-3-7-24-18/h2-8,11,13H,9-10H2,1H3,(H,20,21,22)/t13-/m0/s1. The van der Waals surface area contributed by atoms with E-state index in [0.29, 0.717) is 17.9 Å². The topological polar surface area (TPSA) is 54.9 Å². The quantitative estimate of drug-likeness (QED) is 0.765. The van der Waals surface area contributed by atoms with Crippen molar-refractivity contribution in [1.29, 1.82) is 0 Å². The zero-order valence-corrected chi connectivity index (χ0v) is 14.1. The Balaban J connectivity index is 1.62. The Morgan fingerprint density at radius 3 is 2.92 bits per heavy atom. The molecular weight excluding hydrogens is 318 g/mol. The molecule has 1 N–H and O–H groups in total. The van der Waals surface area contributed by atoms with Crippen LogP contribution in [0.5, 0.6) is 0 Å². The van der Waals surface area contributed by atoms with E-state index in [-0.39, 0.29) is 11.7 Å². The van der Waals surface area contributed by atoms with E-state index >= 15 is 0 Å². The highest BCUT2D eigenvalue weighted by molar-refractivity contribution is 7.10. The molecule has 1 aromatic carbocycles. The van der Waals surface area contributed by atoms with Gasteiger partial charge in [-0.2, -0.15) is 0 Å². The number of aromatic nitrogens is 2. The van der Waals surface area contributed by atoms with Crippen LogP contribution < -0.4 is 5.32 Å². The van der Waals surface area contributed by atoms with Gasteiger partial charge in [0.2, 0.25) is 5.95 Å². The zero-order chi connectivity index (χ0) is 16.5. The first-order valence-corrected chi connectivity index (χ1v) is 8.83. The normalized spacial score (nSPS) is 16.7. The summed E-state index contributed by atoms with van der Waals surface area (Å²) < 4.78 is 0. The van der Waals surface area contributed by atoms with Gasteiger partial charge in [-0.15, -0.1) is 11.3 Å². The number of benzene rings is 1. The van der Waals surface area contributed by atoms with Crippen molar-refractivity contribution in [3.63, 3.8) is 0 Å². The summed E-state index contributed by atoms with van der Waals surface area (Å²) in [5, 5.41) is 5.28. The van der Waals surface area contributed by atoms with E-state index < -0.39 is 0 Å². The van der Waals surface area contributed by atoms with Gasteiger partial charge in [0, 0.05) is 29.1 Å². The lowest BCUT2D eigenvalue weighted by molar-refractivity contribution is 0.0963. The predicted molar refractivity (Wildman–Crippen MR) is 96.2 cm³/mol. The number of thiophene rings is 1. The van der Waals surface area contributed by atoms with Crippen LogP contribution in [0, 0.1) is 6.92 Å². The molecule has 0 saturated heterocycles. The minimum Gasteiger partial charge on any atom is -0.324 e. The maximum atomic E-state index is 12.4. The fourth-order valence-electron chi connectivity index (χ4n) is 3.08. The van der Waals surface area contributed by atoms with Gasteiger partial charge in [-0.25, -0.2) is 9.97 Å². The SMILES string of the molecule is Cc1cccc(Nc2ncc3c(n2)C[C@H](c2cccs2)CC3=O)c1. The van der Waals surface area contributed by atoms with Crippen LogP contribution in [0.1, 0.15) is 38.8 Å². The van der Waals surface area contributed by atoms with Gasteiger partial charge in [-0.1, -0.05) is 18.2 Å². The van der Waals surface area contributed by atoms with Gasteiger partial charge in [-0.3, -0.25) is 4.79 Å². The average Bonchev–Trinajstić information content (AvgIpc) is 3.09. The molecule has 1 aliphatic carbocycles. The summed E-state index contributed by atoms with van der Waals surface area (Å²) in [5.41, 5.74) is 3.63. The van der Waals surface area contributed by atoms with Crippen molar-refractivity contribution < 1.29 is 4.79 Å². The van der Waals surface area contributed by atoms with Crippen molar-refractivity contribution in [2.75, 3.05) is 5.32 Å². The highest BCUT2D eigenvalue weighted by Crippen LogP contribution is 2.34. The van der Waals surface area contributed by atoms with Crippen molar-refractivity contribution >= 4 is 28.8 Å². The first kappa shape index (κ1) is 15.0. The van der Waals surface area contributed by atoms with Crippen LogP contribution in [0.4, 0.5) is 11.6 Å². The lowest BCUT2D eigenvalue weighted by atomic mass is 9.86. The molecule has 0 amide bonds. The molecule has 2 aromatic heterocycles. The van der Waals surface area contributed by atoms with E-state index in [9.17, 15) is 4.79 Å². The molecule has 4 nitrogen and oxygen atoms in total. The van der Waals surface area contributed by atoms with Crippen molar-refractivity contribution in [1.82, 2.24) is 9.97 Å². The van der Waals surface area contributed by atoms with Gasteiger partial charge in [0.1, 0.15) is 0 Å². The summed E-state index contributed by atoms with van der Waals surface area (Å²) in [5.74, 6) is 0.905. The van der Waals surface area contributed by atoms with Crippen molar-refractivity contribution in [2.24, 2.45) is 0 Å².